The fourth-order valence-electron chi connectivity index (χ4n) is 3.00. The lowest BCUT2D eigenvalue weighted by atomic mass is 10.1. The van der Waals surface area contributed by atoms with Gasteiger partial charge in [-0.25, -0.2) is 9.97 Å². The van der Waals surface area contributed by atoms with E-state index in [0.29, 0.717) is 22.8 Å². The number of anilines is 2. The lowest BCUT2D eigenvalue weighted by molar-refractivity contribution is -0.137. The lowest BCUT2D eigenvalue weighted by Crippen LogP contribution is -2.06. The van der Waals surface area contributed by atoms with E-state index in [9.17, 15) is 13.2 Å². The average molecular weight is 379 g/mol. The van der Waals surface area contributed by atoms with Gasteiger partial charge in [0.05, 0.1) is 11.1 Å². The highest BCUT2D eigenvalue weighted by atomic mass is 19.4. The smallest absolute Gasteiger partial charge is 0.340 e. The van der Waals surface area contributed by atoms with Crippen LogP contribution in [0.5, 0.6) is 0 Å². The topological polar surface area (TPSA) is 37.8 Å². The molecule has 0 amide bonds. The van der Waals surface area contributed by atoms with Crippen LogP contribution in [0, 0.1) is 6.92 Å². The molecule has 4 rings (SSSR count). The minimum atomic E-state index is -4.40. The van der Waals surface area contributed by atoms with Crippen molar-refractivity contribution in [3.8, 4) is 11.4 Å². The Morgan fingerprint density at radius 2 is 1.61 bits per heavy atom. The normalized spacial score (nSPS) is 11.6. The molecule has 0 bridgehead atoms. The third kappa shape index (κ3) is 3.67. The Morgan fingerprint density at radius 1 is 0.821 bits per heavy atom. The Balaban J connectivity index is 1.82. The van der Waals surface area contributed by atoms with E-state index in [1.807, 2.05) is 55.5 Å². The summed E-state index contributed by atoms with van der Waals surface area (Å²) in [6, 6.07) is 20.2. The van der Waals surface area contributed by atoms with E-state index < -0.39 is 11.7 Å². The van der Waals surface area contributed by atoms with Gasteiger partial charge < -0.3 is 5.32 Å². The van der Waals surface area contributed by atoms with Crippen LogP contribution in [0.25, 0.3) is 22.3 Å². The maximum Gasteiger partial charge on any atom is 0.416 e. The number of hydrogen-bond donors (Lipinski definition) is 1. The van der Waals surface area contributed by atoms with Gasteiger partial charge in [0.15, 0.2) is 5.82 Å². The van der Waals surface area contributed by atoms with Gasteiger partial charge in [-0.1, -0.05) is 42.0 Å². The van der Waals surface area contributed by atoms with E-state index in [-0.39, 0.29) is 0 Å². The van der Waals surface area contributed by atoms with Crippen LogP contribution in [-0.2, 0) is 6.18 Å². The van der Waals surface area contributed by atoms with Gasteiger partial charge in [0.25, 0.3) is 0 Å². The first-order valence-corrected chi connectivity index (χ1v) is 8.68. The first kappa shape index (κ1) is 18.0. The summed E-state index contributed by atoms with van der Waals surface area (Å²) in [5.41, 5.74) is 2.23. The van der Waals surface area contributed by atoms with E-state index in [1.54, 1.807) is 6.07 Å². The maximum atomic E-state index is 13.0. The highest BCUT2D eigenvalue weighted by molar-refractivity contribution is 5.92. The summed E-state index contributed by atoms with van der Waals surface area (Å²) < 4.78 is 39.1. The largest absolute Gasteiger partial charge is 0.416 e. The summed E-state index contributed by atoms with van der Waals surface area (Å²) in [7, 11) is 0. The summed E-state index contributed by atoms with van der Waals surface area (Å²) >= 11 is 0. The van der Waals surface area contributed by atoms with Crippen molar-refractivity contribution in [1.82, 2.24) is 9.97 Å². The van der Waals surface area contributed by atoms with Gasteiger partial charge in [0, 0.05) is 16.6 Å². The molecule has 0 fully saturated rings. The number of para-hydroxylation sites is 1. The molecule has 28 heavy (non-hydrogen) atoms. The number of benzene rings is 3. The Hall–Kier alpha value is -3.41. The van der Waals surface area contributed by atoms with Crippen molar-refractivity contribution >= 4 is 22.4 Å². The Labute approximate surface area is 159 Å². The summed E-state index contributed by atoms with van der Waals surface area (Å²) in [5.74, 6) is 0.971. The van der Waals surface area contributed by atoms with Crippen molar-refractivity contribution in [3.05, 3.63) is 83.9 Å². The molecule has 1 heterocycles. The summed E-state index contributed by atoms with van der Waals surface area (Å²) in [4.78, 5) is 9.21. The third-order valence-corrected chi connectivity index (χ3v) is 4.33. The number of nitrogens with one attached hydrogen (secondary N) is 1. The molecule has 4 aromatic rings. The quantitative estimate of drug-likeness (QED) is 0.450. The van der Waals surface area contributed by atoms with Crippen molar-refractivity contribution in [3.63, 3.8) is 0 Å². The molecule has 140 valence electrons. The van der Waals surface area contributed by atoms with Crippen LogP contribution in [-0.4, -0.2) is 9.97 Å². The van der Waals surface area contributed by atoms with E-state index >= 15 is 0 Å². The fourth-order valence-corrected chi connectivity index (χ4v) is 3.00. The molecule has 0 saturated heterocycles. The molecule has 0 saturated carbocycles. The van der Waals surface area contributed by atoms with Crippen LogP contribution in [0.2, 0.25) is 0 Å². The second kappa shape index (κ2) is 6.96. The van der Waals surface area contributed by atoms with Gasteiger partial charge in [-0.2, -0.15) is 13.2 Å². The molecular weight excluding hydrogens is 363 g/mol. The Bertz CT molecular complexity index is 1150. The van der Waals surface area contributed by atoms with Crippen molar-refractivity contribution in [2.75, 3.05) is 5.32 Å². The van der Waals surface area contributed by atoms with Gasteiger partial charge in [0.1, 0.15) is 5.82 Å². The Kier molecular flexibility index (Phi) is 4.47. The van der Waals surface area contributed by atoms with Crippen LogP contribution in [0.4, 0.5) is 24.7 Å². The highest BCUT2D eigenvalue weighted by Gasteiger charge is 2.30. The molecule has 0 radical (unpaired) electrons. The molecule has 3 aromatic carbocycles. The molecule has 0 aliphatic heterocycles. The number of rotatable bonds is 3. The first-order chi connectivity index (χ1) is 13.4. The first-order valence-electron chi connectivity index (χ1n) is 8.68. The van der Waals surface area contributed by atoms with Crippen molar-refractivity contribution < 1.29 is 13.2 Å². The third-order valence-electron chi connectivity index (χ3n) is 4.33. The van der Waals surface area contributed by atoms with Crippen LogP contribution in [0.1, 0.15) is 11.1 Å². The monoisotopic (exact) mass is 379 g/mol. The molecule has 1 N–H and O–H groups in total. The van der Waals surface area contributed by atoms with Gasteiger partial charge in [-0.05, 0) is 43.3 Å². The van der Waals surface area contributed by atoms with Crippen LogP contribution < -0.4 is 5.32 Å². The van der Waals surface area contributed by atoms with Crippen molar-refractivity contribution in [1.29, 1.82) is 0 Å². The van der Waals surface area contributed by atoms with E-state index in [0.717, 1.165) is 28.6 Å². The zero-order valence-electron chi connectivity index (χ0n) is 15.0. The second-order valence-corrected chi connectivity index (χ2v) is 6.49. The van der Waals surface area contributed by atoms with Gasteiger partial charge >= 0.3 is 6.18 Å². The maximum absolute atomic E-state index is 13.0. The molecule has 0 unspecified atom stereocenters. The number of halogens is 3. The zero-order chi connectivity index (χ0) is 19.7. The Morgan fingerprint density at radius 3 is 2.39 bits per heavy atom. The van der Waals surface area contributed by atoms with Gasteiger partial charge in [-0.15, -0.1) is 0 Å². The lowest BCUT2D eigenvalue weighted by Gasteiger charge is -2.13. The van der Waals surface area contributed by atoms with E-state index in [1.165, 1.54) is 6.07 Å². The van der Waals surface area contributed by atoms with Gasteiger partial charge in [-0.3, -0.25) is 0 Å². The number of aromatic nitrogens is 2. The second-order valence-electron chi connectivity index (χ2n) is 6.49. The zero-order valence-corrected chi connectivity index (χ0v) is 15.0. The summed E-state index contributed by atoms with van der Waals surface area (Å²) in [5, 5.41) is 3.77. The van der Waals surface area contributed by atoms with E-state index in [2.05, 4.69) is 15.3 Å². The molecule has 6 heteroatoms. The molecule has 3 nitrogen and oxygen atoms in total. The van der Waals surface area contributed by atoms with Crippen molar-refractivity contribution in [2.45, 2.75) is 13.1 Å². The average Bonchev–Trinajstić information content (AvgIpc) is 2.67. The fraction of sp³-hybridized carbons (Fsp3) is 0.0909. The minimum absolute atomic E-state index is 0.314. The molecule has 0 aliphatic rings. The number of fused-ring (bicyclic) bond motifs is 1. The molecule has 1 aromatic heterocycles. The molecule has 0 spiro atoms. The van der Waals surface area contributed by atoms with Crippen LogP contribution >= 0.6 is 0 Å². The standard InChI is InChI=1S/C22H16F3N3/c1-14-6-4-7-15(12-14)20-27-19-11-3-2-10-18(19)21(28-20)26-17-9-5-8-16(13-17)22(23,24)25/h2-13H,1H3,(H,26,27,28). The minimum Gasteiger partial charge on any atom is -0.340 e. The predicted molar refractivity (Wildman–Crippen MR) is 104 cm³/mol. The van der Waals surface area contributed by atoms with Crippen LogP contribution in [0.3, 0.4) is 0 Å². The number of aryl methyl sites for hydroxylation is 1. The highest BCUT2D eigenvalue weighted by Crippen LogP contribution is 2.32. The molecule has 0 aliphatic carbocycles. The van der Waals surface area contributed by atoms with E-state index in [4.69, 9.17) is 0 Å². The number of nitrogens with zero attached hydrogens (tertiary/aromatic N) is 2. The predicted octanol–water partition coefficient (Wildman–Crippen LogP) is 6.37. The summed E-state index contributed by atoms with van der Waals surface area (Å²) in [6.45, 7) is 1.98. The van der Waals surface area contributed by atoms with Crippen molar-refractivity contribution in [2.24, 2.45) is 0 Å². The van der Waals surface area contributed by atoms with Gasteiger partial charge in [0.2, 0.25) is 0 Å². The molecule has 0 atom stereocenters. The number of hydrogen-bond acceptors (Lipinski definition) is 3. The number of alkyl halides is 3. The molecular formula is C22H16F3N3. The van der Waals surface area contributed by atoms with Crippen LogP contribution in [0.15, 0.2) is 72.8 Å². The SMILES string of the molecule is Cc1cccc(-c2nc(Nc3cccc(C(F)(F)F)c3)c3ccccc3n2)c1. The summed E-state index contributed by atoms with van der Waals surface area (Å²) in [6.07, 6.45) is -4.40.